The first-order chi connectivity index (χ1) is 9.20. The maximum atomic E-state index is 3.48. The molecular formula is C16H26N2S. The number of nitrogens with zero attached hydrogens (tertiary/aromatic N) is 1. The molecule has 2 nitrogen and oxygen atoms in total. The van der Waals surface area contributed by atoms with Crippen LogP contribution in [0.5, 0.6) is 0 Å². The molecule has 1 heterocycles. The summed E-state index contributed by atoms with van der Waals surface area (Å²) in [6.45, 7) is 8.24. The predicted molar refractivity (Wildman–Crippen MR) is 86.0 cm³/mol. The topological polar surface area (TPSA) is 15.3 Å². The summed E-state index contributed by atoms with van der Waals surface area (Å²) in [4.78, 5) is 2.61. The van der Waals surface area contributed by atoms with Gasteiger partial charge in [-0.1, -0.05) is 31.2 Å². The van der Waals surface area contributed by atoms with Gasteiger partial charge in [-0.25, -0.2) is 0 Å². The van der Waals surface area contributed by atoms with Crippen LogP contribution in [0.25, 0.3) is 0 Å². The minimum atomic E-state index is 0.478. The van der Waals surface area contributed by atoms with E-state index in [1.54, 1.807) is 0 Å². The van der Waals surface area contributed by atoms with Crippen LogP contribution >= 0.6 is 11.8 Å². The number of nitrogens with one attached hydrogen (secondary N) is 1. The van der Waals surface area contributed by atoms with Gasteiger partial charge in [0.25, 0.3) is 0 Å². The minimum Gasteiger partial charge on any atom is -0.313 e. The van der Waals surface area contributed by atoms with E-state index in [4.69, 9.17) is 0 Å². The highest BCUT2D eigenvalue weighted by Crippen LogP contribution is 2.22. The van der Waals surface area contributed by atoms with E-state index in [9.17, 15) is 0 Å². The Balaban J connectivity index is 1.91. The molecule has 1 aliphatic heterocycles. The third kappa shape index (κ3) is 4.23. The number of thioether (sulfide) groups is 1. The Morgan fingerprint density at radius 1 is 1.42 bits per heavy atom. The smallest absolute Gasteiger partial charge is 0.0332 e. The fourth-order valence-electron chi connectivity index (χ4n) is 2.84. The van der Waals surface area contributed by atoms with Crippen LogP contribution in [-0.4, -0.2) is 42.6 Å². The lowest BCUT2D eigenvalue weighted by atomic mass is 9.99. The Morgan fingerprint density at radius 2 is 2.21 bits per heavy atom. The highest BCUT2D eigenvalue weighted by atomic mass is 32.2. The molecule has 3 heteroatoms. The molecule has 1 saturated heterocycles. The molecule has 1 fully saturated rings. The first kappa shape index (κ1) is 14.9. The van der Waals surface area contributed by atoms with E-state index in [0.717, 1.165) is 5.25 Å². The van der Waals surface area contributed by atoms with Gasteiger partial charge >= 0.3 is 0 Å². The summed E-state index contributed by atoms with van der Waals surface area (Å²) in [5.74, 6) is 1.29. The van der Waals surface area contributed by atoms with E-state index >= 15 is 0 Å². The van der Waals surface area contributed by atoms with E-state index in [-0.39, 0.29) is 0 Å². The Labute approximate surface area is 122 Å². The molecule has 0 spiro atoms. The highest BCUT2D eigenvalue weighted by molar-refractivity contribution is 7.99. The van der Waals surface area contributed by atoms with E-state index in [2.05, 4.69) is 67.1 Å². The standard InChI is InChI=1S/C16H26N2S/c1-13-6-4-5-7-15(13)16(17-3)8-9-18-10-11-19-14(2)12-18/h4-7,14,16-17H,8-12H2,1-3H3. The van der Waals surface area contributed by atoms with Crippen LogP contribution in [0, 0.1) is 6.92 Å². The van der Waals surface area contributed by atoms with Crippen molar-refractivity contribution in [2.45, 2.75) is 31.6 Å². The van der Waals surface area contributed by atoms with Gasteiger partial charge in [0, 0.05) is 36.7 Å². The molecule has 0 amide bonds. The second kappa shape index (κ2) is 7.32. The maximum Gasteiger partial charge on any atom is 0.0332 e. The second-order valence-corrected chi connectivity index (χ2v) is 7.01. The average molecular weight is 278 g/mol. The van der Waals surface area contributed by atoms with Gasteiger partial charge in [0.1, 0.15) is 0 Å². The molecule has 2 unspecified atom stereocenters. The molecule has 0 radical (unpaired) electrons. The molecule has 19 heavy (non-hydrogen) atoms. The van der Waals surface area contributed by atoms with Crippen molar-refractivity contribution in [3.63, 3.8) is 0 Å². The average Bonchev–Trinajstić information content (AvgIpc) is 2.41. The summed E-state index contributed by atoms with van der Waals surface area (Å²) < 4.78 is 0. The van der Waals surface area contributed by atoms with Gasteiger partial charge < -0.3 is 10.2 Å². The zero-order chi connectivity index (χ0) is 13.7. The fourth-order valence-corrected chi connectivity index (χ4v) is 3.92. The Bertz CT molecular complexity index is 394. The molecule has 1 aromatic rings. The van der Waals surface area contributed by atoms with Crippen molar-refractivity contribution in [1.29, 1.82) is 0 Å². The van der Waals surface area contributed by atoms with Crippen molar-refractivity contribution in [1.82, 2.24) is 10.2 Å². The maximum absolute atomic E-state index is 3.48. The monoisotopic (exact) mass is 278 g/mol. The second-order valence-electron chi connectivity index (χ2n) is 5.47. The number of hydrogen-bond donors (Lipinski definition) is 1. The zero-order valence-corrected chi connectivity index (χ0v) is 13.2. The lowest BCUT2D eigenvalue weighted by molar-refractivity contribution is 0.269. The summed E-state index contributed by atoms with van der Waals surface area (Å²) in [6.07, 6.45) is 1.19. The molecule has 1 aliphatic rings. The van der Waals surface area contributed by atoms with Gasteiger partial charge in [-0.05, 0) is 31.5 Å². The normalized spacial score (nSPS) is 22.4. The molecule has 0 aromatic heterocycles. The van der Waals surface area contributed by atoms with Crippen LogP contribution in [-0.2, 0) is 0 Å². The first-order valence-corrected chi connectivity index (χ1v) is 8.32. The van der Waals surface area contributed by atoms with Crippen molar-refractivity contribution < 1.29 is 0 Å². The SMILES string of the molecule is CNC(CCN1CCSC(C)C1)c1ccccc1C. The fraction of sp³-hybridized carbons (Fsp3) is 0.625. The summed E-state index contributed by atoms with van der Waals surface area (Å²) in [5.41, 5.74) is 2.84. The van der Waals surface area contributed by atoms with Gasteiger partial charge in [0.15, 0.2) is 0 Å². The minimum absolute atomic E-state index is 0.478. The number of rotatable bonds is 5. The molecule has 0 bridgehead atoms. The summed E-state index contributed by atoms with van der Waals surface area (Å²) in [5, 5.41) is 4.27. The first-order valence-electron chi connectivity index (χ1n) is 7.27. The van der Waals surface area contributed by atoms with E-state index in [1.807, 2.05) is 0 Å². The van der Waals surface area contributed by atoms with Crippen molar-refractivity contribution in [2.24, 2.45) is 0 Å². The third-order valence-corrected chi connectivity index (χ3v) is 5.11. The van der Waals surface area contributed by atoms with E-state index in [0.29, 0.717) is 6.04 Å². The summed E-state index contributed by atoms with van der Waals surface area (Å²) >= 11 is 2.10. The molecule has 106 valence electrons. The molecule has 1 N–H and O–H groups in total. The van der Waals surface area contributed by atoms with Crippen LogP contribution in [0.1, 0.15) is 30.5 Å². The Hall–Kier alpha value is -0.510. The van der Waals surface area contributed by atoms with Crippen molar-refractivity contribution >= 4 is 11.8 Å². The lowest BCUT2D eigenvalue weighted by Gasteiger charge is -2.31. The molecule has 2 rings (SSSR count). The molecule has 0 saturated carbocycles. The third-order valence-electron chi connectivity index (χ3n) is 3.97. The Morgan fingerprint density at radius 3 is 2.89 bits per heavy atom. The van der Waals surface area contributed by atoms with Crippen LogP contribution in [0.15, 0.2) is 24.3 Å². The number of hydrogen-bond acceptors (Lipinski definition) is 3. The molecule has 2 atom stereocenters. The van der Waals surface area contributed by atoms with Crippen LogP contribution < -0.4 is 5.32 Å². The van der Waals surface area contributed by atoms with Gasteiger partial charge in [-0.3, -0.25) is 0 Å². The Kier molecular flexibility index (Phi) is 5.74. The predicted octanol–water partition coefficient (Wildman–Crippen LogP) is 3.08. The van der Waals surface area contributed by atoms with Crippen molar-refractivity contribution in [3.8, 4) is 0 Å². The summed E-state index contributed by atoms with van der Waals surface area (Å²) in [6, 6.07) is 9.21. The molecule has 1 aromatic carbocycles. The van der Waals surface area contributed by atoms with Crippen molar-refractivity contribution in [2.75, 3.05) is 32.4 Å². The van der Waals surface area contributed by atoms with E-state index < -0.39 is 0 Å². The van der Waals surface area contributed by atoms with Crippen LogP contribution in [0.2, 0.25) is 0 Å². The van der Waals surface area contributed by atoms with Gasteiger partial charge in [-0.15, -0.1) is 0 Å². The number of benzene rings is 1. The van der Waals surface area contributed by atoms with Crippen LogP contribution in [0.3, 0.4) is 0 Å². The van der Waals surface area contributed by atoms with Gasteiger partial charge in [0.2, 0.25) is 0 Å². The highest BCUT2D eigenvalue weighted by Gasteiger charge is 2.18. The summed E-state index contributed by atoms with van der Waals surface area (Å²) in [7, 11) is 2.08. The molecule has 0 aliphatic carbocycles. The number of aryl methyl sites for hydroxylation is 1. The van der Waals surface area contributed by atoms with Gasteiger partial charge in [0.05, 0.1) is 0 Å². The van der Waals surface area contributed by atoms with Crippen LogP contribution in [0.4, 0.5) is 0 Å². The van der Waals surface area contributed by atoms with Crippen molar-refractivity contribution in [3.05, 3.63) is 35.4 Å². The lowest BCUT2D eigenvalue weighted by Crippen LogP contribution is -2.38. The van der Waals surface area contributed by atoms with Gasteiger partial charge in [-0.2, -0.15) is 11.8 Å². The quantitative estimate of drug-likeness (QED) is 0.891. The largest absolute Gasteiger partial charge is 0.313 e. The van der Waals surface area contributed by atoms with E-state index in [1.165, 1.54) is 42.9 Å². The molecular weight excluding hydrogens is 252 g/mol. The zero-order valence-electron chi connectivity index (χ0n) is 12.4.